The number of aromatic nitrogens is 5. The van der Waals surface area contributed by atoms with Gasteiger partial charge in [-0.2, -0.15) is 0 Å². The molecule has 2 aromatic heterocycles. The van der Waals surface area contributed by atoms with Crippen LogP contribution in [-0.4, -0.2) is 102 Å². The molecule has 0 radical (unpaired) electrons. The molecule has 0 aliphatic heterocycles. The van der Waals surface area contributed by atoms with E-state index in [0.29, 0.717) is 83.4 Å². The first-order valence-corrected chi connectivity index (χ1v) is 16.7. The third-order valence-corrected chi connectivity index (χ3v) is 6.91. The number of carbonyl (C=O) groups excluding carboxylic acids is 1. The summed E-state index contributed by atoms with van der Waals surface area (Å²) in [6.07, 6.45) is 4.62. The van der Waals surface area contributed by atoms with Crippen LogP contribution in [0.2, 0.25) is 0 Å². The fourth-order valence-electron chi connectivity index (χ4n) is 3.81. The molecule has 3 N–H and O–H groups in total. The number of carbonyl (C=O) groups is 1. The fraction of sp³-hybridized carbons (Fsp3) is 0.640. The van der Waals surface area contributed by atoms with Crippen molar-refractivity contribution in [2.75, 3.05) is 71.4 Å². The number of hydrogen-bond donors (Lipinski definition) is 3. The molecular formula is C25H40N9O8P. The molecule has 0 unspecified atom stereocenters. The van der Waals surface area contributed by atoms with Crippen molar-refractivity contribution in [2.45, 2.75) is 38.8 Å². The number of fused-ring (bicyclic) bond motifs is 1. The molecule has 3 aromatic rings. The smallest absolute Gasteiger partial charge is 0.300 e. The maximum Gasteiger partial charge on any atom is 0.300 e. The van der Waals surface area contributed by atoms with Gasteiger partial charge >= 0.3 is 5.69 Å². The number of benzene rings is 1. The largest absolute Gasteiger partial charge is 0.383 e. The van der Waals surface area contributed by atoms with Gasteiger partial charge in [0, 0.05) is 51.6 Å². The Balaban J connectivity index is 1.08. The van der Waals surface area contributed by atoms with Crippen molar-refractivity contribution in [3.63, 3.8) is 0 Å². The number of amides is 1. The van der Waals surface area contributed by atoms with Gasteiger partial charge in [0.25, 0.3) is 0 Å². The first-order chi connectivity index (χ1) is 20.7. The first-order valence-electron chi connectivity index (χ1n) is 14.1. The molecule has 0 fully saturated rings. The van der Waals surface area contributed by atoms with Crippen LogP contribution in [0.5, 0.6) is 0 Å². The number of nitro groups is 1. The summed E-state index contributed by atoms with van der Waals surface area (Å²) in [6, 6.07) is 2.95. The highest BCUT2D eigenvalue weighted by atomic mass is 31.2. The zero-order valence-electron chi connectivity index (χ0n) is 24.5. The van der Waals surface area contributed by atoms with Crippen LogP contribution < -0.4 is 15.7 Å². The van der Waals surface area contributed by atoms with Crippen molar-refractivity contribution in [2.24, 2.45) is 0 Å². The highest BCUT2D eigenvalue weighted by Crippen LogP contribution is 2.30. The van der Waals surface area contributed by atoms with E-state index in [1.165, 1.54) is 6.07 Å². The van der Waals surface area contributed by atoms with Crippen molar-refractivity contribution in [1.82, 2.24) is 35.7 Å². The Bertz CT molecular complexity index is 1330. The number of ether oxygens (including phenoxy) is 3. The van der Waals surface area contributed by atoms with Crippen LogP contribution >= 0.6 is 7.29 Å². The summed E-state index contributed by atoms with van der Waals surface area (Å²) in [5.74, 6) is -0.0257. The Morgan fingerprint density at radius 2 is 1.72 bits per heavy atom. The number of unbranched alkanes of at least 4 members (excludes halogenated alkanes) is 2. The van der Waals surface area contributed by atoms with Gasteiger partial charge in [-0.05, 0) is 29.2 Å². The number of nitro benzene ring substituents is 1. The molecule has 0 saturated heterocycles. The standard InChI is InChI=1S/C25H40N9O8P/c1-43(2,38)28-18-20-19-33(32-29-20)11-13-40-15-17-41-16-14-39-12-10-27-23(35)6-4-3-5-9-26-21-7-8-22(34(36)37)25-24(21)30-42-31-25/h7-8,19,26H,3-6,9-18H2,1-2H3,(H,27,35)(H,28,38). The molecule has 238 valence electrons. The zero-order valence-corrected chi connectivity index (χ0v) is 25.4. The molecule has 0 bridgehead atoms. The second-order valence-electron chi connectivity index (χ2n) is 9.93. The molecule has 0 atom stereocenters. The maximum atomic E-state index is 12.0. The van der Waals surface area contributed by atoms with Gasteiger partial charge in [-0.25, -0.2) is 9.31 Å². The lowest BCUT2D eigenvalue weighted by atomic mass is 10.1. The Kier molecular flexibility index (Phi) is 14.4. The Hall–Kier alpha value is -3.50. The van der Waals surface area contributed by atoms with Gasteiger partial charge in [-0.15, -0.1) is 5.10 Å². The second-order valence-corrected chi connectivity index (χ2v) is 13.0. The molecule has 18 heteroatoms. The summed E-state index contributed by atoms with van der Waals surface area (Å²) in [5.41, 5.74) is 1.61. The van der Waals surface area contributed by atoms with Crippen LogP contribution in [0.25, 0.3) is 11.0 Å². The van der Waals surface area contributed by atoms with E-state index in [-0.39, 0.29) is 17.1 Å². The number of hydrogen-bond acceptors (Lipinski definition) is 13. The van der Waals surface area contributed by atoms with Crippen LogP contribution in [-0.2, 0) is 36.7 Å². The van der Waals surface area contributed by atoms with Gasteiger partial charge in [0.15, 0.2) is 5.52 Å². The number of anilines is 1. The molecule has 0 aliphatic rings. The van der Waals surface area contributed by atoms with Crippen LogP contribution in [0, 0.1) is 10.1 Å². The predicted octanol–water partition coefficient (Wildman–Crippen LogP) is 2.19. The van der Waals surface area contributed by atoms with E-state index in [1.807, 2.05) is 0 Å². The lowest BCUT2D eigenvalue weighted by molar-refractivity contribution is -0.383. The van der Waals surface area contributed by atoms with E-state index < -0.39 is 12.2 Å². The monoisotopic (exact) mass is 625 g/mol. The zero-order chi connectivity index (χ0) is 30.9. The molecular weight excluding hydrogens is 585 g/mol. The molecule has 3 rings (SSSR count). The highest BCUT2D eigenvalue weighted by Gasteiger charge is 2.19. The summed E-state index contributed by atoms with van der Waals surface area (Å²) < 4.78 is 34.5. The van der Waals surface area contributed by atoms with Gasteiger partial charge < -0.3 is 29.4 Å². The maximum absolute atomic E-state index is 12.0. The van der Waals surface area contributed by atoms with Gasteiger partial charge in [0.1, 0.15) is 7.29 Å². The third kappa shape index (κ3) is 13.1. The van der Waals surface area contributed by atoms with E-state index in [4.69, 9.17) is 14.2 Å². The highest BCUT2D eigenvalue weighted by molar-refractivity contribution is 7.60. The Morgan fingerprint density at radius 3 is 2.47 bits per heavy atom. The van der Waals surface area contributed by atoms with Crippen LogP contribution in [0.15, 0.2) is 23.0 Å². The third-order valence-electron chi connectivity index (χ3n) is 5.99. The molecule has 0 saturated carbocycles. The van der Waals surface area contributed by atoms with Crippen molar-refractivity contribution >= 4 is 35.6 Å². The quantitative estimate of drug-likeness (QED) is 0.0597. The molecule has 1 amide bonds. The number of nitrogens with one attached hydrogen (secondary N) is 3. The number of nitrogens with zero attached hydrogens (tertiary/aromatic N) is 6. The summed E-state index contributed by atoms with van der Waals surface area (Å²) in [6.45, 7) is 7.98. The molecule has 2 heterocycles. The minimum atomic E-state index is -2.30. The average molecular weight is 626 g/mol. The minimum Gasteiger partial charge on any atom is -0.383 e. The van der Waals surface area contributed by atoms with Crippen molar-refractivity contribution in [1.29, 1.82) is 0 Å². The summed E-state index contributed by atoms with van der Waals surface area (Å²) in [4.78, 5) is 22.5. The predicted molar refractivity (Wildman–Crippen MR) is 157 cm³/mol. The van der Waals surface area contributed by atoms with E-state index >= 15 is 0 Å². The van der Waals surface area contributed by atoms with Crippen molar-refractivity contribution in [3.05, 3.63) is 34.1 Å². The molecule has 1 aromatic carbocycles. The molecule has 0 aliphatic carbocycles. The van der Waals surface area contributed by atoms with E-state index in [2.05, 4.69) is 41.0 Å². The Morgan fingerprint density at radius 1 is 1.00 bits per heavy atom. The lowest BCUT2D eigenvalue weighted by Crippen LogP contribution is -2.27. The van der Waals surface area contributed by atoms with Crippen molar-refractivity contribution in [3.8, 4) is 0 Å². The van der Waals surface area contributed by atoms with Crippen LogP contribution in [0.1, 0.15) is 31.4 Å². The van der Waals surface area contributed by atoms with Crippen LogP contribution in [0.3, 0.4) is 0 Å². The van der Waals surface area contributed by atoms with E-state index in [0.717, 1.165) is 25.0 Å². The van der Waals surface area contributed by atoms with E-state index in [1.54, 1.807) is 30.3 Å². The number of non-ortho nitro benzene ring substituents is 1. The summed E-state index contributed by atoms with van der Waals surface area (Å²) in [7, 11) is -2.30. The van der Waals surface area contributed by atoms with Gasteiger partial charge in [0.05, 0.1) is 62.5 Å². The van der Waals surface area contributed by atoms with Gasteiger partial charge in [-0.3, -0.25) is 20.0 Å². The topological polar surface area (TPSA) is 211 Å². The summed E-state index contributed by atoms with van der Waals surface area (Å²) >= 11 is 0. The summed E-state index contributed by atoms with van der Waals surface area (Å²) in [5, 5.41) is 35.4. The molecule has 43 heavy (non-hydrogen) atoms. The number of rotatable bonds is 23. The fourth-order valence-corrected chi connectivity index (χ4v) is 4.35. The Labute approximate surface area is 248 Å². The molecule has 17 nitrogen and oxygen atoms in total. The second kappa shape index (κ2) is 18.2. The normalized spacial score (nSPS) is 11.7. The average Bonchev–Trinajstić information content (AvgIpc) is 3.64. The van der Waals surface area contributed by atoms with Crippen molar-refractivity contribution < 1.29 is 33.1 Å². The van der Waals surface area contributed by atoms with Gasteiger partial charge in [0.2, 0.25) is 11.4 Å². The lowest BCUT2D eigenvalue weighted by Gasteiger charge is -2.08. The minimum absolute atomic E-state index is 0.0257. The SMILES string of the molecule is CP(C)(=O)NCc1cn(CCOCCOCCOCCNC(=O)CCCCCNc2ccc([N+](=O)[O-])c3nonc23)nn1. The van der Waals surface area contributed by atoms with Crippen LogP contribution in [0.4, 0.5) is 11.4 Å². The first kappa shape index (κ1) is 34.0. The molecule has 0 spiro atoms. The van der Waals surface area contributed by atoms with Gasteiger partial charge in [-0.1, -0.05) is 11.6 Å². The van der Waals surface area contributed by atoms with E-state index in [9.17, 15) is 19.5 Å².